The Labute approximate surface area is 152 Å². The van der Waals surface area contributed by atoms with Crippen LogP contribution in [-0.2, 0) is 0 Å². The van der Waals surface area contributed by atoms with Crippen molar-refractivity contribution >= 4 is 40.2 Å². The van der Waals surface area contributed by atoms with Gasteiger partial charge in [-0.25, -0.2) is 0 Å². The van der Waals surface area contributed by atoms with Crippen molar-refractivity contribution in [2.45, 2.75) is 9.79 Å². The van der Waals surface area contributed by atoms with Gasteiger partial charge in [0.25, 0.3) is 11.4 Å². The van der Waals surface area contributed by atoms with E-state index in [-0.39, 0.29) is 11.4 Å². The predicted molar refractivity (Wildman–Crippen MR) is 98.6 cm³/mol. The van der Waals surface area contributed by atoms with Crippen molar-refractivity contribution < 1.29 is 9.85 Å². The van der Waals surface area contributed by atoms with Crippen molar-refractivity contribution in [2.24, 2.45) is 0 Å². The first-order chi connectivity index (χ1) is 12.5. The van der Waals surface area contributed by atoms with Crippen molar-refractivity contribution in [3.05, 3.63) is 87.0 Å². The standard InChI is InChI=1S/C18H11N3O4S/c22-20(23)13-7-9-17-16(10-13)19(12-4-2-1-3-5-12)15-8-6-14(21(24)25)11-18(15)26-17/h1-11H. The van der Waals surface area contributed by atoms with Crippen LogP contribution in [0.5, 0.6) is 0 Å². The molecule has 1 aliphatic rings. The maximum Gasteiger partial charge on any atom is 0.271 e. The number of anilines is 3. The summed E-state index contributed by atoms with van der Waals surface area (Å²) in [5, 5.41) is 22.3. The van der Waals surface area contributed by atoms with Crippen LogP contribution < -0.4 is 4.90 Å². The molecule has 26 heavy (non-hydrogen) atoms. The SMILES string of the molecule is O=[N+]([O-])c1ccc2c(c1)Sc1ccc([N+](=O)[O-])cc1N2c1ccccc1. The zero-order chi connectivity index (χ0) is 18.3. The molecule has 0 N–H and O–H groups in total. The highest BCUT2D eigenvalue weighted by Crippen LogP contribution is 2.52. The highest BCUT2D eigenvalue weighted by molar-refractivity contribution is 7.99. The van der Waals surface area contributed by atoms with E-state index >= 15 is 0 Å². The van der Waals surface area contributed by atoms with Gasteiger partial charge in [0.05, 0.1) is 21.2 Å². The first-order valence-electron chi connectivity index (χ1n) is 7.64. The lowest BCUT2D eigenvalue weighted by Crippen LogP contribution is -2.15. The second kappa shape index (κ2) is 6.16. The number of non-ortho nitro benzene ring substituents is 2. The molecule has 4 rings (SSSR count). The lowest BCUT2D eigenvalue weighted by atomic mass is 10.1. The summed E-state index contributed by atoms with van der Waals surface area (Å²) in [4.78, 5) is 24.9. The number of hydrogen-bond donors (Lipinski definition) is 0. The topological polar surface area (TPSA) is 89.5 Å². The molecule has 8 heteroatoms. The molecule has 0 aliphatic carbocycles. The smallest absolute Gasteiger partial charge is 0.271 e. The average Bonchev–Trinajstić information content (AvgIpc) is 2.65. The largest absolute Gasteiger partial charge is 0.308 e. The van der Waals surface area contributed by atoms with E-state index in [1.807, 2.05) is 35.2 Å². The molecule has 128 valence electrons. The summed E-state index contributed by atoms with van der Waals surface area (Å²) < 4.78 is 0. The lowest BCUT2D eigenvalue weighted by molar-refractivity contribution is -0.385. The van der Waals surface area contributed by atoms with Gasteiger partial charge in [-0.2, -0.15) is 0 Å². The number of nitro benzene ring substituents is 2. The zero-order valence-electron chi connectivity index (χ0n) is 13.2. The molecule has 7 nitrogen and oxygen atoms in total. The van der Waals surface area contributed by atoms with Gasteiger partial charge in [-0.05, 0) is 24.3 Å². The zero-order valence-corrected chi connectivity index (χ0v) is 14.1. The number of hydrogen-bond acceptors (Lipinski definition) is 6. The summed E-state index contributed by atoms with van der Waals surface area (Å²) in [5.74, 6) is 0. The lowest BCUT2D eigenvalue weighted by Gasteiger charge is -2.32. The maximum atomic E-state index is 11.2. The van der Waals surface area contributed by atoms with Crippen LogP contribution in [0.15, 0.2) is 76.5 Å². The molecule has 0 amide bonds. The van der Waals surface area contributed by atoms with Crippen molar-refractivity contribution in [3.8, 4) is 0 Å². The molecule has 0 atom stereocenters. The van der Waals surface area contributed by atoms with Crippen molar-refractivity contribution in [1.29, 1.82) is 0 Å². The van der Waals surface area contributed by atoms with E-state index in [2.05, 4.69) is 0 Å². The third kappa shape index (κ3) is 2.66. The summed E-state index contributed by atoms with van der Waals surface area (Å²) in [6, 6.07) is 18.7. The fourth-order valence-electron chi connectivity index (χ4n) is 2.87. The molecule has 0 radical (unpaired) electrons. The monoisotopic (exact) mass is 365 g/mol. The molecule has 0 saturated heterocycles. The second-order valence-electron chi connectivity index (χ2n) is 5.59. The molecule has 0 unspecified atom stereocenters. The van der Waals surface area contributed by atoms with Gasteiger partial charge in [0.1, 0.15) is 0 Å². The minimum atomic E-state index is -0.431. The highest BCUT2D eigenvalue weighted by Gasteiger charge is 2.28. The van der Waals surface area contributed by atoms with E-state index in [9.17, 15) is 20.2 Å². The number of para-hydroxylation sites is 1. The molecular formula is C18H11N3O4S. The summed E-state index contributed by atoms with van der Waals surface area (Å²) >= 11 is 1.36. The van der Waals surface area contributed by atoms with E-state index in [1.165, 1.54) is 36.0 Å². The highest BCUT2D eigenvalue weighted by atomic mass is 32.2. The van der Waals surface area contributed by atoms with E-state index in [0.717, 1.165) is 21.2 Å². The van der Waals surface area contributed by atoms with Gasteiger partial charge < -0.3 is 4.90 Å². The van der Waals surface area contributed by atoms with Gasteiger partial charge in [-0.15, -0.1) is 0 Å². The Balaban J connectivity index is 1.95. The number of rotatable bonds is 3. The van der Waals surface area contributed by atoms with Gasteiger partial charge in [-0.1, -0.05) is 30.0 Å². The van der Waals surface area contributed by atoms with Gasteiger partial charge >= 0.3 is 0 Å². The fraction of sp³-hybridized carbons (Fsp3) is 0. The third-order valence-electron chi connectivity index (χ3n) is 4.02. The van der Waals surface area contributed by atoms with Crippen molar-refractivity contribution in [1.82, 2.24) is 0 Å². The second-order valence-corrected chi connectivity index (χ2v) is 6.68. The molecule has 0 spiro atoms. The molecule has 3 aromatic rings. The van der Waals surface area contributed by atoms with Crippen LogP contribution in [0.3, 0.4) is 0 Å². The van der Waals surface area contributed by atoms with E-state index < -0.39 is 9.85 Å². The fourth-order valence-corrected chi connectivity index (χ4v) is 3.94. The van der Waals surface area contributed by atoms with Crippen LogP contribution in [0.4, 0.5) is 28.4 Å². The van der Waals surface area contributed by atoms with E-state index in [4.69, 9.17) is 0 Å². The summed E-state index contributed by atoms with van der Waals surface area (Å²) in [6.07, 6.45) is 0. The molecular weight excluding hydrogens is 354 g/mol. The van der Waals surface area contributed by atoms with Crippen LogP contribution in [0.25, 0.3) is 0 Å². The van der Waals surface area contributed by atoms with Crippen LogP contribution in [0.1, 0.15) is 0 Å². The number of nitrogens with zero attached hydrogens (tertiary/aromatic N) is 3. The van der Waals surface area contributed by atoms with Crippen molar-refractivity contribution in [2.75, 3.05) is 4.90 Å². The Kier molecular flexibility index (Phi) is 3.81. The van der Waals surface area contributed by atoms with Crippen LogP contribution in [0, 0.1) is 20.2 Å². The van der Waals surface area contributed by atoms with Crippen molar-refractivity contribution in [3.63, 3.8) is 0 Å². The van der Waals surface area contributed by atoms with E-state index in [0.29, 0.717) is 5.69 Å². The van der Waals surface area contributed by atoms with Crippen LogP contribution in [-0.4, -0.2) is 9.85 Å². The Bertz CT molecular complexity index is 1040. The summed E-state index contributed by atoms with van der Waals surface area (Å²) in [6.45, 7) is 0. The minimum absolute atomic E-state index is 0.00403. The Morgan fingerprint density at radius 1 is 0.731 bits per heavy atom. The summed E-state index contributed by atoms with van der Waals surface area (Å²) in [7, 11) is 0. The molecule has 0 fully saturated rings. The molecule has 1 heterocycles. The van der Waals surface area contributed by atoms with Gasteiger partial charge in [0.2, 0.25) is 0 Å². The molecule has 0 aromatic heterocycles. The average molecular weight is 365 g/mol. The Hall–Kier alpha value is -3.39. The quantitative estimate of drug-likeness (QED) is 0.355. The summed E-state index contributed by atoms with van der Waals surface area (Å²) in [5.41, 5.74) is 2.26. The van der Waals surface area contributed by atoms with Crippen LogP contribution >= 0.6 is 11.8 Å². The van der Waals surface area contributed by atoms with Crippen LogP contribution in [0.2, 0.25) is 0 Å². The predicted octanol–water partition coefficient (Wildman–Crippen LogP) is 5.44. The van der Waals surface area contributed by atoms with Gasteiger partial charge in [0.15, 0.2) is 0 Å². The maximum absolute atomic E-state index is 11.2. The minimum Gasteiger partial charge on any atom is -0.308 e. The molecule has 3 aromatic carbocycles. The normalized spacial score (nSPS) is 12.2. The number of benzene rings is 3. The number of nitro groups is 2. The molecule has 1 aliphatic heterocycles. The Morgan fingerprint density at radius 3 is 2.08 bits per heavy atom. The molecule has 0 bridgehead atoms. The third-order valence-corrected chi connectivity index (χ3v) is 5.14. The molecule has 0 saturated carbocycles. The van der Waals surface area contributed by atoms with Gasteiger partial charge in [0, 0.05) is 39.7 Å². The first kappa shape index (κ1) is 16.1. The Morgan fingerprint density at radius 2 is 1.38 bits per heavy atom. The van der Waals surface area contributed by atoms with E-state index in [1.54, 1.807) is 12.1 Å². The number of fused-ring (bicyclic) bond motifs is 2. The van der Waals surface area contributed by atoms with Gasteiger partial charge in [-0.3, -0.25) is 20.2 Å². The first-order valence-corrected chi connectivity index (χ1v) is 8.46.